The van der Waals surface area contributed by atoms with Crippen LogP contribution in [0.25, 0.3) is 0 Å². The minimum atomic E-state index is -3.36. The summed E-state index contributed by atoms with van der Waals surface area (Å²) in [6, 6.07) is 5.32. The fourth-order valence-corrected chi connectivity index (χ4v) is 7.81. The molecule has 0 N–H and O–H groups in total. The van der Waals surface area contributed by atoms with Crippen LogP contribution in [0.4, 0.5) is 0 Å². The van der Waals surface area contributed by atoms with Crippen LogP contribution >= 0.6 is 0 Å². The molecule has 0 radical (unpaired) electrons. The predicted octanol–water partition coefficient (Wildman–Crippen LogP) is 5.33. The molecule has 0 amide bonds. The normalized spacial score (nSPS) is 32.3. The Kier molecular flexibility index (Phi) is 5.13. The molecule has 0 heterocycles. The molecular formula is C23H32O3S. The summed E-state index contributed by atoms with van der Waals surface area (Å²) >= 11 is 0. The van der Waals surface area contributed by atoms with Gasteiger partial charge in [0, 0.05) is 0 Å². The molecular weight excluding hydrogens is 356 g/mol. The fourth-order valence-electron chi connectivity index (χ4n) is 6.42. The zero-order chi connectivity index (χ0) is 19.1. The zero-order valence-electron chi connectivity index (χ0n) is 16.6. The number of benzene rings is 1. The minimum absolute atomic E-state index is 0.0493. The van der Waals surface area contributed by atoms with Crippen LogP contribution in [0.1, 0.15) is 56.9 Å². The Bertz CT molecular complexity index is 787. The lowest BCUT2D eigenvalue weighted by Crippen LogP contribution is -2.45. The van der Waals surface area contributed by atoms with Crippen molar-refractivity contribution in [3.8, 4) is 5.75 Å². The van der Waals surface area contributed by atoms with Gasteiger partial charge in [-0.2, -0.15) is 0 Å². The van der Waals surface area contributed by atoms with E-state index in [1.807, 2.05) is 19.1 Å². The molecule has 4 bridgehead atoms. The number of hydrogen-bond donors (Lipinski definition) is 0. The van der Waals surface area contributed by atoms with E-state index in [0.717, 1.165) is 29.7 Å². The largest absolute Gasteiger partial charge is 0.495 e. The Hall–Kier alpha value is -1.29. The molecule has 3 nitrogen and oxygen atoms in total. The summed E-state index contributed by atoms with van der Waals surface area (Å²) in [7, 11) is -1.84. The van der Waals surface area contributed by atoms with E-state index in [-0.39, 0.29) is 5.75 Å². The topological polar surface area (TPSA) is 43.4 Å². The summed E-state index contributed by atoms with van der Waals surface area (Å²) in [6.45, 7) is 1.90. The van der Waals surface area contributed by atoms with E-state index >= 15 is 0 Å². The van der Waals surface area contributed by atoms with Crippen molar-refractivity contribution in [1.29, 1.82) is 0 Å². The summed E-state index contributed by atoms with van der Waals surface area (Å²) in [5, 5.41) is 0. The average molecular weight is 389 g/mol. The lowest BCUT2D eigenvalue weighted by Gasteiger charge is -2.57. The second-order valence-corrected chi connectivity index (χ2v) is 11.4. The second-order valence-electron chi connectivity index (χ2n) is 9.36. The van der Waals surface area contributed by atoms with Crippen molar-refractivity contribution in [3.05, 3.63) is 35.9 Å². The summed E-state index contributed by atoms with van der Waals surface area (Å²) < 4.78 is 30.7. The van der Waals surface area contributed by atoms with Crippen LogP contribution in [-0.4, -0.2) is 21.3 Å². The van der Waals surface area contributed by atoms with Gasteiger partial charge in [0.2, 0.25) is 0 Å². The highest BCUT2D eigenvalue weighted by Crippen LogP contribution is 2.61. The van der Waals surface area contributed by atoms with E-state index in [4.69, 9.17) is 4.74 Å². The van der Waals surface area contributed by atoms with E-state index < -0.39 is 9.84 Å². The molecule has 4 aliphatic carbocycles. The minimum Gasteiger partial charge on any atom is -0.495 e. The molecule has 0 aliphatic heterocycles. The zero-order valence-corrected chi connectivity index (χ0v) is 17.4. The highest BCUT2D eigenvalue weighted by atomic mass is 32.2. The molecule has 4 fully saturated rings. The lowest BCUT2D eigenvalue weighted by atomic mass is 9.48. The average Bonchev–Trinajstić information content (AvgIpc) is 2.60. The number of aryl methyl sites for hydroxylation is 1. The third kappa shape index (κ3) is 3.96. The lowest BCUT2D eigenvalue weighted by molar-refractivity contribution is -0.0566. The molecule has 4 heteroatoms. The van der Waals surface area contributed by atoms with Gasteiger partial charge in [-0.05, 0) is 99.2 Å². The quantitative estimate of drug-likeness (QED) is 0.593. The van der Waals surface area contributed by atoms with Crippen molar-refractivity contribution < 1.29 is 13.2 Å². The van der Waals surface area contributed by atoms with Gasteiger partial charge >= 0.3 is 0 Å². The number of sulfone groups is 1. The van der Waals surface area contributed by atoms with Crippen molar-refractivity contribution in [2.24, 2.45) is 23.2 Å². The Morgan fingerprint density at radius 1 is 1.07 bits per heavy atom. The van der Waals surface area contributed by atoms with Gasteiger partial charge in [0.15, 0.2) is 9.84 Å². The van der Waals surface area contributed by atoms with Crippen LogP contribution < -0.4 is 4.74 Å². The van der Waals surface area contributed by atoms with Crippen LogP contribution in [0.15, 0.2) is 35.2 Å². The van der Waals surface area contributed by atoms with Gasteiger partial charge in [-0.1, -0.05) is 18.2 Å². The molecule has 0 saturated heterocycles. The molecule has 5 rings (SSSR count). The molecule has 0 aromatic heterocycles. The fraction of sp³-hybridized carbons (Fsp3) is 0.652. The molecule has 148 valence electrons. The second kappa shape index (κ2) is 7.27. The van der Waals surface area contributed by atoms with Crippen LogP contribution in [0, 0.1) is 30.1 Å². The molecule has 4 aliphatic rings. The van der Waals surface area contributed by atoms with E-state index in [2.05, 4.69) is 6.08 Å². The third-order valence-electron chi connectivity index (χ3n) is 7.14. The SMILES string of the molecule is COc1ccc(C)cc1S(=O)(=O)C/C=C/CCC12CC3CC(CC(C3)C1)C2. The Labute approximate surface area is 164 Å². The summed E-state index contributed by atoms with van der Waals surface area (Å²) in [6.07, 6.45) is 14.9. The molecule has 0 atom stereocenters. The summed E-state index contributed by atoms with van der Waals surface area (Å²) in [5.41, 5.74) is 1.50. The van der Waals surface area contributed by atoms with Gasteiger partial charge in [-0.15, -0.1) is 0 Å². The van der Waals surface area contributed by atoms with E-state index in [1.165, 1.54) is 52.1 Å². The van der Waals surface area contributed by atoms with Gasteiger partial charge < -0.3 is 4.74 Å². The van der Waals surface area contributed by atoms with Gasteiger partial charge in [-0.3, -0.25) is 0 Å². The maximum Gasteiger partial charge on any atom is 0.185 e. The number of ether oxygens (including phenoxy) is 1. The first-order valence-corrected chi connectivity index (χ1v) is 12.1. The maximum atomic E-state index is 12.7. The van der Waals surface area contributed by atoms with Gasteiger partial charge in [-0.25, -0.2) is 8.42 Å². The molecule has 4 saturated carbocycles. The predicted molar refractivity (Wildman–Crippen MR) is 109 cm³/mol. The first-order chi connectivity index (χ1) is 12.9. The van der Waals surface area contributed by atoms with Crippen molar-refractivity contribution in [1.82, 2.24) is 0 Å². The van der Waals surface area contributed by atoms with Crippen molar-refractivity contribution in [2.75, 3.05) is 12.9 Å². The first-order valence-electron chi connectivity index (χ1n) is 10.4. The highest BCUT2D eigenvalue weighted by Gasteiger charge is 2.50. The Morgan fingerprint density at radius 2 is 1.70 bits per heavy atom. The van der Waals surface area contributed by atoms with Gasteiger partial charge in [0.25, 0.3) is 0 Å². The highest BCUT2D eigenvalue weighted by molar-refractivity contribution is 7.91. The van der Waals surface area contributed by atoms with Crippen molar-refractivity contribution in [3.63, 3.8) is 0 Å². The van der Waals surface area contributed by atoms with Crippen LogP contribution in [0.5, 0.6) is 5.75 Å². The monoisotopic (exact) mass is 388 g/mol. The smallest absolute Gasteiger partial charge is 0.185 e. The van der Waals surface area contributed by atoms with Gasteiger partial charge in [0.05, 0.1) is 12.9 Å². The van der Waals surface area contributed by atoms with Crippen molar-refractivity contribution >= 4 is 9.84 Å². The van der Waals surface area contributed by atoms with Gasteiger partial charge in [0.1, 0.15) is 10.6 Å². The number of rotatable bonds is 7. The summed E-state index contributed by atoms with van der Waals surface area (Å²) in [4.78, 5) is 0.302. The number of hydrogen-bond acceptors (Lipinski definition) is 3. The third-order valence-corrected chi connectivity index (χ3v) is 8.76. The van der Waals surface area contributed by atoms with E-state index in [9.17, 15) is 8.42 Å². The molecule has 27 heavy (non-hydrogen) atoms. The van der Waals surface area contributed by atoms with E-state index in [0.29, 0.717) is 16.1 Å². The molecule has 0 spiro atoms. The summed E-state index contributed by atoms with van der Waals surface area (Å²) in [5.74, 6) is 3.42. The van der Waals surface area contributed by atoms with E-state index in [1.54, 1.807) is 12.1 Å². The molecule has 0 unspecified atom stereocenters. The number of allylic oxidation sites excluding steroid dienone is 1. The maximum absolute atomic E-state index is 12.7. The Morgan fingerprint density at radius 3 is 2.30 bits per heavy atom. The molecule has 1 aromatic carbocycles. The first kappa shape index (κ1) is 19.0. The van der Waals surface area contributed by atoms with Crippen LogP contribution in [0.2, 0.25) is 0 Å². The Balaban J connectivity index is 1.35. The van der Waals surface area contributed by atoms with Crippen LogP contribution in [-0.2, 0) is 9.84 Å². The van der Waals surface area contributed by atoms with Crippen molar-refractivity contribution in [2.45, 2.75) is 63.2 Å². The van der Waals surface area contributed by atoms with Crippen LogP contribution in [0.3, 0.4) is 0 Å². The standard InChI is InChI=1S/C23H32O3S/c1-17-6-7-21(26-2)22(10-17)27(24,25)9-5-3-4-8-23-14-18-11-19(15-23)13-20(12-18)16-23/h3,5-7,10,18-20H,4,8-9,11-16H2,1-2H3/b5-3+. The number of methoxy groups -OCH3 is 1. The molecule has 1 aromatic rings.